The largest absolute Gasteiger partial charge is 0.326 e. The van der Waals surface area contributed by atoms with Crippen molar-refractivity contribution < 1.29 is 0 Å². The zero-order valence-electron chi connectivity index (χ0n) is 8.99. The van der Waals surface area contributed by atoms with Crippen molar-refractivity contribution in [3.05, 3.63) is 35.4 Å². The van der Waals surface area contributed by atoms with Gasteiger partial charge in [0.05, 0.1) is 0 Å². The molecule has 1 fully saturated rings. The number of halogens is 1. The molecule has 1 aromatic carbocycles. The monoisotopic (exact) mass is 231 g/mol. The van der Waals surface area contributed by atoms with E-state index in [1.165, 1.54) is 12.8 Å². The Morgan fingerprint density at radius 3 is 2.38 bits per heavy atom. The molecule has 1 aromatic rings. The average Bonchev–Trinajstić information content (AvgIpc) is 3.09. The van der Waals surface area contributed by atoms with Crippen LogP contribution in [0.15, 0.2) is 24.3 Å². The summed E-state index contributed by atoms with van der Waals surface area (Å²) in [7, 11) is 0. The number of benzene rings is 1. The smallest absolute Gasteiger partial charge is 0.0255 e. The molecule has 1 nitrogen and oxygen atoms in total. The van der Waals surface area contributed by atoms with Crippen LogP contribution in [0.4, 0.5) is 0 Å². The van der Waals surface area contributed by atoms with E-state index < -0.39 is 0 Å². The topological polar surface area (TPSA) is 26.0 Å². The molecule has 82 valence electrons. The summed E-state index contributed by atoms with van der Waals surface area (Å²) in [6.07, 6.45) is 2.50. The molecule has 0 heterocycles. The molecular weight excluding hydrogens is 218 g/mol. The number of hydrogen-bond acceptors (Lipinski definition) is 1. The van der Waals surface area contributed by atoms with Gasteiger partial charge in [-0.05, 0) is 42.4 Å². The second kappa shape index (κ2) is 6.23. The van der Waals surface area contributed by atoms with Crippen molar-refractivity contribution in [3.63, 3.8) is 0 Å². The first-order valence-electron chi connectivity index (χ1n) is 5.19. The summed E-state index contributed by atoms with van der Waals surface area (Å²) >= 11 is 0. The second-order valence-corrected chi connectivity index (χ2v) is 3.69. The molecule has 2 N–H and O–H groups in total. The molecule has 1 aliphatic carbocycles. The van der Waals surface area contributed by atoms with Gasteiger partial charge in [0.2, 0.25) is 0 Å². The average molecular weight is 232 g/mol. The van der Waals surface area contributed by atoms with Crippen molar-refractivity contribution in [2.75, 3.05) is 0 Å². The van der Waals surface area contributed by atoms with E-state index in [1.807, 2.05) is 24.3 Å². The van der Waals surface area contributed by atoms with Crippen LogP contribution in [0.3, 0.4) is 0 Å². The minimum atomic E-state index is 0. The molecule has 2 rings (SSSR count). The Morgan fingerprint density at radius 1 is 1.12 bits per heavy atom. The van der Waals surface area contributed by atoms with Gasteiger partial charge in [0.25, 0.3) is 0 Å². The van der Waals surface area contributed by atoms with Crippen LogP contribution < -0.4 is 5.73 Å². The predicted molar refractivity (Wildman–Crippen MR) is 69.0 cm³/mol. The van der Waals surface area contributed by atoms with Crippen LogP contribution in [-0.4, -0.2) is 0 Å². The van der Waals surface area contributed by atoms with Crippen molar-refractivity contribution in [2.45, 2.75) is 19.4 Å². The summed E-state index contributed by atoms with van der Waals surface area (Å²) in [5, 5.41) is 0. The van der Waals surface area contributed by atoms with Crippen molar-refractivity contribution in [3.8, 4) is 23.7 Å². The van der Waals surface area contributed by atoms with Crippen LogP contribution in [0, 0.1) is 29.6 Å². The maximum Gasteiger partial charge on any atom is 0.0255 e. The molecule has 1 aliphatic rings. The molecule has 0 aromatic heterocycles. The highest BCUT2D eigenvalue weighted by atomic mass is 35.5. The van der Waals surface area contributed by atoms with E-state index in [-0.39, 0.29) is 12.4 Å². The summed E-state index contributed by atoms with van der Waals surface area (Å²) in [6.45, 7) is 0.579. The first-order valence-corrected chi connectivity index (χ1v) is 5.19. The first-order chi connectivity index (χ1) is 7.38. The van der Waals surface area contributed by atoms with Gasteiger partial charge >= 0.3 is 0 Å². The fourth-order valence-electron chi connectivity index (χ4n) is 1.19. The zero-order valence-corrected chi connectivity index (χ0v) is 9.81. The lowest BCUT2D eigenvalue weighted by molar-refractivity contribution is 1.07. The van der Waals surface area contributed by atoms with E-state index in [0.29, 0.717) is 12.5 Å². The Balaban J connectivity index is 0.00000128. The Bertz CT molecular complexity index is 449. The van der Waals surface area contributed by atoms with Crippen molar-refractivity contribution in [1.82, 2.24) is 0 Å². The van der Waals surface area contributed by atoms with Crippen molar-refractivity contribution in [2.24, 2.45) is 11.7 Å². The summed E-state index contributed by atoms with van der Waals surface area (Å²) in [4.78, 5) is 0. The van der Waals surface area contributed by atoms with Crippen molar-refractivity contribution in [1.29, 1.82) is 0 Å². The molecule has 0 amide bonds. The molecule has 0 radical (unpaired) electrons. The maximum atomic E-state index is 5.50. The fraction of sp³-hybridized carbons (Fsp3) is 0.286. The molecule has 0 unspecified atom stereocenters. The lowest BCUT2D eigenvalue weighted by Gasteiger charge is -1.94. The quantitative estimate of drug-likeness (QED) is 0.738. The molecule has 0 aliphatic heterocycles. The van der Waals surface area contributed by atoms with Gasteiger partial charge < -0.3 is 5.73 Å². The molecule has 0 atom stereocenters. The van der Waals surface area contributed by atoms with Gasteiger partial charge in [-0.3, -0.25) is 0 Å². The third-order valence-corrected chi connectivity index (χ3v) is 2.31. The zero-order chi connectivity index (χ0) is 10.5. The Hall–Kier alpha value is -1.41. The lowest BCUT2D eigenvalue weighted by Crippen LogP contribution is -1.95. The minimum absolute atomic E-state index is 0. The molecule has 0 bridgehead atoms. The number of rotatable bonds is 1. The highest BCUT2D eigenvalue weighted by Crippen LogP contribution is 2.27. The van der Waals surface area contributed by atoms with E-state index in [4.69, 9.17) is 5.73 Å². The third-order valence-electron chi connectivity index (χ3n) is 2.31. The van der Waals surface area contributed by atoms with Crippen LogP contribution in [0.25, 0.3) is 0 Å². The lowest BCUT2D eigenvalue weighted by atomic mass is 10.1. The van der Waals surface area contributed by atoms with E-state index in [9.17, 15) is 0 Å². The normalized spacial score (nSPS) is 12.6. The van der Waals surface area contributed by atoms with Gasteiger partial charge in [0.15, 0.2) is 0 Å². The Morgan fingerprint density at radius 2 is 1.81 bits per heavy atom. The van der Waals surface area contributed by atoms with Gasteiger partial charge in [0, 0.05) is 18.0 Å². The fourth-order valence-corrected chi connectivity index (χ4v) is 1.19. The van der Waals surface area contributed by atoms with Crippen LogP contribution in [0.2, 0.25) is 0 Å². The van der Waals surface area contributed by atoms with Gasteiger partial charge in [-0.15, -0.1) is 12.4 Å². The molecular formula is C14H14ClN. The summed E-state index contributed by atoms with van der Waals surface area (Å²) in [5.74, 6) is 12.5. The minimum Gasteiger partial charge on any atom is -0.326 e. The molecule has 2 heteroatoms. The maximum absolute atomic E-state index is 5.50. The Kier molecular flexibility index (Phi) is 4.93. The van der Waals surface area contributed by atoms with E-state index >= 15 is 0 Å². The molecule has 16 heavy (non-hydrogen) atoms. The number of hydrogen-bond donors (Lipinski definition) is 1. The van der Waals surface area contributed by atoms with Crippen LogP contribution in [0.1, 0.15) is 24.0 Å². The SMILES string of the molecule is Cl.NCc1ccc(C#CC#CC2CC2)cc1. The summed E-state index contributed by atoms with van der Waals surface area (Å²) in [6, 6.07) is 7.96. The highest BCUT2D eigenvalue weighted by Gasteiger charge is 2.17. The van der Waals surface area contributed by atoms with Crippen molar-refractivity contribution >= 4 is 12.4 Å². The van der Waals surface area contributed by atoms with Gasteiger partial charge in [-0.2, -0.15) is 0 Å². The summed E-state index contributed by atoms with van der Waals surface area (Å²) < 4.78 is 0. The van der Waals surface area contributed by atoms with E-state index in [2.05, 4.69) is 23.7 Å². The van der Waals surface area contributed by atoms with Gasteiger partial charge in [0.1, 0.15) is 0 Å². The Labute approximate surface area is 103 Å². The molecule has 0 saturated heterocycles. The third kappa shape index (κ3) is 3.99. The first kappa shape index (κ1) is 12.7. The van der Waals surface area contributed by atoms with Crippen LogP contribution >= 0.6 is 12.4 Å². The van der Waals surface area contributed by atoms with Gasteiger partial charge in [-0.25, -0.2) is 0 Å². The predicted octanol–water partition coefficient (Wildman–Crippen LogP) is 2.33. The second-order valence-electron chi connectivity index (χ2n) is 3.69. The van der Waals surface area contributed by atoms with Gasteiger partial charge in [-0.1, -0.05) is 24.0 Å². The van der Waals surface area contributed by atoms with Crippen LogP contribution in [0.5, 0.6) is 0 Å². The highest BCUT2D eigenvalue weighted by molar-refractivity contribution is 5.85. The number of nitrogens with two attached hydrogens (primary N) is 1. The molecule has 1 saturated carbocycles. The van der Waals surface area contributed by atoms with Crippen LogP contribution in [-0.2, 0) is 6.54 Å². The van der Waals surface area contributed by atoms with E-state index in [1.54, 1.807) is 0 Å². The van der Waals surface area contributed by atoms with E-state index in [0.717, 1.165) is 11.1 Å². The summed E-state index contributed by atoms with van der Waals surface area (Å²) in [5.41, 5.74) is 7.63. The molecule has 0 spiro atoms. The standard InChI is InChI=1S/C14H13N.ClH/c15-11-14-9-7-13(8-10-14)4-2-1-3-12-5-6-12;/h7-10,12H,5-6,11,15H2;1H.